The van der Waals surface area contributed by atoms with Crippen molar-refractivity contribution in [3.05, 3.63) is 48.0 Å². The van der Waals surface area contributed by atoms with Crippen molar-refractivity contribution in [3.63, 3.8) is 0 Å². The van der Waals surface area contributed by atoms with Gasteiger partial charge in [-0.3, -0.25) is 0 Å². The molecule has 0 saturated heterocycles. The van der Waals surface area contributed by atoms with Gasteiger partial charge in [-0.05, 0) is 42.7 Å². The molecule has 0 aromatic heterocycles. The van der Waals surface area contributed by atoms with Crippen LogP contribution in [-0.2, 0) is 6.42 Å². The zero-order chi connectivity index (χ0) is 15.4. The molecule has 1 aliphatic heterocycles. The Labute approximate surface area is 129 Å². The highest BCUT2D eigenvalue weighted by atomic mass is 16.5. The highest BCUT2D eigenvalue weighted by Crippen LogP contribution is 2.29. The maximum absolute atomic E-state index is 12.2. The molecule has 3 N–H and O–H groups in total. The Bertz CT molecular complexity index is 685. The van der Waals surface area contributed by atoms with E-state index in [0.717, 1.165) is 36.3 Å². The first-order valence-corrected chi connectivity index (χ1v) is 7.34. The molecule has 5 nitrogen and oxygen atoms in total. The summed E-state index contributed by atoms with van der Waals surface area (Å²) >= 11 is 0. The summed E-state index contributed by atoms with van der Waals surface area (Å²) in [5.74, 6) is 0.634. The van der Waals surface area contributed by atoms with E-state index in [1.807, 2.05) is 36.4 Å². The van der Waals surface area contributed by atoms with Gasteiger partial charge in [0.15, 0.2) is 0 Å². The van der Waals surface area contributed by atoms with Gasteiger partial charge < -0.3 is 20.7 Å². The van der Waals surface area contributed by atoms with E-state index < -0.39 is 0 Å². The topological polar surface area (TPSA) is 62.4 Å². The highest BCUT2D eigenvalue weighted by Gasteiger charge is 2.14. The molecule has 2 amide bonds. The van der Waals surface area contributed by atoms with E-state index in [1.165, 1.54) is 0 Å². The lowest BCUT2D eigenvalue weighted by Gasteiger charge is -2.21. The second-order valence-corrected chi connectivity index (χ2v) is 5.14. The number of methoxy groups -OCH3 is 1. The predicted octanol–water partition coefficient (Wildman–Crippen LogP) is 3.70. The fourth-order valence-electron chi connectivity index (χ4n) is 2.65. The van der Waals surface area contributed by atoms with E-state index in [9.17, 15) is 4.79 Å². The Kier molecular flexibility index (Phi) is 4.14. The van der Waals surface area contributed by atoms with Crippen LogP contribution in [0.5, 0.6) is 5.75 Å². The van der Waals surface area contributed by atoms with Crippen molar-refractivity contribution in [1.82, 2.24) is 0 Å². The molecule has 1 aliphatic rings. The standard InChI is InChI=1S/C17H19N3O2/c1-22-16-10-3-2-7-15(16)20-17(21)19-14-9-4-8-13-12(14)6-5-11-18-13/h2-4,7-10,18H,5-6,11H2,1H3,(H2,19,20,21). The molecular formula is C17H19N3O2. The van der Waals surface area contributed by atoms with Crippen LogP contribution in [0.3, 0.4) is 0 Å². The predicted molar refractivity (Wildman–Crippen MR) is 88.9 cm³/mol. The summed E-state index contributed by atoms with van der Waals surface area (Å²) in [5.41, 5.74) is 3.74. The maximum atomic E-state index is 12.2. The van der Waals surface area contributed by atoms with Crippen molar-refractivity contribution in [3.8, 4) is 5.75 Å². The van der Waals surface area contributed by atoms with E-state index >= 15 is 0 Å². The van der Waals surface area contributed by atoms with Crippen LogP contribution in [-0.4, -0.2) is 19.7 Å². The number of carbonyl (C=O) groups excluding carboxylic acids is 1. The smallest absolute Gasteiger partial charge is 0.323 e. The molecular weight excluding hydrogens is 278 g/mol. The second-order valence-electron chi connectivity index (χ2n) is 5.14. The number of carbonyl (C=O) groups is 1. The summed E-state index contributed by atoms with van der Waals surface area (Å²) in [4.78, 5) is 12.2. The number of ether oxygens (including phenoxy) is 1. The Morgan fingerprint density at radius 3 is 2.73 bits per heavy atom. The van der Waals surface area contributed by atoms with Crippen LogP contribution < -0.4 is 20.7 Å². The summed E-state index contributed by atoms with van der Waals surface area (Å²) in [6, 6.07) is 13.0. The monoisotopic (exact) mass is 297 g/mol. The van der Waals surface area contributed by atoms with Crippen molar-refractivity contribution in [1.29, 1.82) is 0 Å². The molecule has 0 radical (unpaired) electrons. The molecule has 0 bridgehead atoms. The lowest BCUT2D eigenvalue weighted by Crippen LogP contribution is -2.22. The maximum Gasteiger partial charge on any atom is 0.323 e. The minimum Gasteiger partial charge on any atom is -0.495 e. The number of amides is 2. The van der Waals surface area contributed by atoms with E-state index in [4.69, 9.17) is 4.74 Å². The Morgan fingerprint density at radius 1 is 1.09 bits per heavy atom. The van der Waals surface area contributed by atoms with Crippen LogP contribution in [0.25, 0.3) is 0 Å². The average molecular weight is 297 g/mol. The van der Waals surface area contributed by atoms with Crippen molar-refractivity contribution in [2.24, 2.45) is 0 Å². The Morgan fingerprint density at radius 2 is 1.86 bits per heavy atom. The lowest BCUT2D eigenvalue weighted by atomic mass is 10.0. The van der Waals surface area contributed by atoms with Crippen LogP contribution in [0.4, 0.5) is 21.9 Å². The van der Waals surface area contributed by atoms with Crippen molar-refractivity contribution in [2.75, 3.05) is 29.6 Å². The van der Waals surface area contributed by atoms with Gasteiger partial charge in [0.05, 0.1) is 12.8 Å². The van der Waals surface area contributed by atoms with E-state index in [0.29, 0.717) is 11.4 Å². The van der Waals surface area contributed by atoms with Gasteiger partial charge in [0, 0.05) is 17.9 Å². The Balaban J connectivity index is 1.75. The summed E-state index contributed by atoms with van der Waals surface area (Å²) in [7, 11) is 1.58. The first-order chi connectivity index (χ1) is 10.8. The van der Waals surface area contributed by atoms with Gasteiger partial charge >= 0.3 is 6.03 Å². The van der Waals surface area contributed by atoms with Crippen LogP contribution in [0, 0.1) is 0 Å². The van der Waals surface area contributed by atoms with Crippen LogP contribution >= 0.6 is 0 Å². The number of nitrogens with one attached hydrogen (secondary N) is 3. The fourth-order valence-corrected chi connectivity index (χ4v) is 2.65. The zero-order valence-corrected chi connectivity index (χ0v) is 12.5. The molecule has 2 aromatic carbocycles. The third-order valence-electron chi connectivity index (χ3n) is 3.70. The molecule has 0 spiro atoms. The van der Waals surface area contributed by atoms with Gasteiger partial charge in [-0.2, -0.15) is 0 Å². The number of rotatable bonds is 3. The largest absolute Gasteiger partial charge is 0.495 e. The van der Waals surface area contributed by atoms with Gasteiger partial charge in [0.2, 0.25) is 0 Å². The number of anilines is 3. The van der Waals surface area contributed by atoms with Gasteiger partial charge in [0.25, 0.3) is 0 Å². The SMILES string of the molecule is COc1ccccc1NC(=O)Nc1cccc2c1CCCN2. The minimum absolute atomic E-state index is 0.275. The first kappa shape index (κ1) is 14.3. The molecule has 0 fully saturated rings. The van der Waals surface area contributed by atoms with Crippen LogP contribution in [0.15, 0.2) is 42.5 Å². The van der Waals surface area contributed by atoms with Gasteiger partial charge in [-0.15, -0.1) is 0 Å². The molecule has 0 atom stereocenters. The Hall–Kier alpha value is -2.69. The number of hydrogen-bond acceptors (Lipinski definition) is 3. The fraction of sp³-hybridized carbons (Fsp3) is 0.235. The van der Waals surface area contributed by atoms with Crippen molar-refractivity contribution in [2.45, 2.75) is 12.8 Å². The second kappa shape index (κ2) is 6.39. The van der Waals surface area contributed by atoms with Gasteiger partial charge in [0.1, 0.15) is 5.75 Å². The average Bonchev–Trinajstić information content (AvgIpc) is 2.55. The molecule has 0 unspecified atom stereocenters. The van der Waals surface area contributed by atoms with E-state index in [2.05, 4.69) is 16.0 Å². The number of fused-ring (bicyclic) bond motifs is 1. The summed E-state index contributed by atoms with van der Waals surface area (Å²) in [6.45, 7) is 0.976. The molecule has 3 rings (SSSR count). The van der Waals surface area contributed by atoms with Gasteiger partial charge in [-0.25, -0.2) is 4.79 Å². The molecule has 114 valence electrons. The molecule has 0 aliphatic carbocycles. The highest BCUT2D eigenvalue weighted by molar-refractivity contribution is 6.01. The zero-order valence-electron chi connectivity index (χ0n) is 12.5. The number of hydrogen-bond donors (Lipinski definition) is 3. The molecule has 2 aromatic rings. The van der Waals surface area contributed by atoms with Crippen LogP contribution in [0.1, 0.15) is 12.0 Å². The lowest BCUT2D eigenvalue weighted by molar-refractivity contribution is 0.262. The minimum atomic E-state index is -0.275. The van der Waals surface area contributed by atoms with E-state index in [-0.39, 0.29) is 6.03 Å². The molecule has 5 heteroatoms. The molecule has 1 heterocycles. The van der Waals surface area contributed by atoms with Gasteiger partial charge in [-0.1, -0.05) is 18.2 Å². The van der Waals surface area contributed by atoms with Crippen LogP contribution in [0.2, 0.25) is 0 Å². The quantitative estimate of drug-likeness (QED) is 0.809. The summed E-state index contributed by atoms with van der Waals surface area (Å²) in [6.07, 6.45) is 2.03. The number of para-hydroxylation sites is 2. The third kappa shape index (κ3) is 2.98. The summed E-state index contributed by atoms with van der Waals surface area (Å²) < 4.78 is 5.23. The first-order valence-electron chi connectivity index (χ1n) is 7.34. The third-order valence-corrected chi connectivity index (χ3v) is 3.70. The normalized spacial score (nSPS) is 12.8. The molecule has 0 saturated carbocycles. The number of benzene rings is 2. The number of urea groups is 1. The summed E-state index contributed by atoms with van der Waals surface area (Å²) in [5, 5.41) is 9.10. The van der Waals surface area contributed by atoms with E-state index in [1.54, 1.807) is 13.2 Å². The van der Waals surface area contributed by atoms with Crippen molar-refractivity contribution < 1.29 is 9.53 Å². The van der Waals surface area contributed by atoms with Crippen molar-refractivity contribution >= 4 is 23.1 Å². The molecule has 22 heavy (non-hydrogen) atoms.